The van der Waals surface area contributed by atoms with Crippen LogP contribution in [0.1, 0.15) is 29.0 Å². The minimum atomic E-state index is -0.210. The van der Waals surface area contributed by atoms with Gasteiger partial charge in [-0.25, -0.2) is 0 Å². The molecule has 3 rings (SSSR count). The summed E-state index contributed by atoms with van der Waals surface area (Å²) in [6.45, 7) is 3.80. The number of rotatable bonds is 1. The smallest absolute Gasteiger partial charge is 0.238 e. The Morgan fingerprint density at radius 2 is 2.10 bits per heavy atom. The van der Waals surface area contributed by atoms with E-state index < -0.39 is 0 Å². The van der Waals surface area contributed by atoms with Gasteiger partial charge in [0.2, 0.25) is 5.91 Å². The number of nitrogens with one attached hydrogen (secondary N) is 2. The average Bonchev–Trinajstić information content (AvgIpc) is 2.74. The zero-order valence-electron chi connectivity index (χ0n) is 11.4. The third kappa shape index (κ3) is 2.54. The molecule has 1 aromatic heterocycles. The van der Waals surface area contributed by atoms with Gasteiger partial charge in [-0.2, -0.15) is 5.10 Å². The predicted molar refractivity (Wildman–Crippen MR) is 87.3 cm³/mol. The van der Waals surface area contributed by atoms with E-state index in [-0.39, 0.29) is 16.4 Å². The molecule has 21 heavy (non-hydrogen) atoms. The van der Waals surface area contributed by atoms with Crippen molar-refractivity contribution in [3.8, 4) is 0 Å². The van der Waals surface area contributed by atoms with Gasteiger partial charge in [-0.15, -0.1) is 11.8 Å². The number of carbonyl (C=O) groups is 1. The first-order valence-electron chi connectivity index (χ1n) is 6.44. The van der Waals surface area contributed by atoms with Gasteiger partial charge >= 0.3 is 0 Å². The van der Waals surface area contributed by atoms with Crippen molar-refractivity contribution in [2.75, 3.05) is 5.32 Å². The number of aryl methyl sites for hydroxylation is 1. The Bertz CT molecular complexity index is 716. The fraction of sp³-hybridized carbons (Fsp3) is 0.286. The molecule has 110 valence electrons. The van der Waals surface area contributed by atoms with Crippen molar-refractivity contribution < 1.29 is 4.79 Å². The molecule has 1 amide bonds. The molecule has 1 aliphatic heterocycles. The summed E-state index contributed by atoms with van der Waals surface area (Å²) >= 11 is 14.0. The van der Waals surface area contributed by atoms with Crippen LogP contribution in [-0.4, -0.2) is 21.4 Å². The van der Waals surface area contributed by atoms with E-state index >= 15 is 0 Å². The highest BCUT2D eigenvalue weighted by atomic mass is 35.5. The highest BCUT2D eigenvalue weighted by Gasteiger charge is 2.33. The summed E-state index contributed by atoms with van der Waals surface area (Å²) in [7, 11) is 0. The molecule has 2 N–H and O–H groups in total. The van der Waals surface area contributed by atoms with E-state index in [1.807, 2.05) is 26.0 Å². The van der Waals surface area contributed by atoms with Crippen molar-refractivity contribution in [1.29, 1.82) is 0 Å². The topological polar surface area (TPSA) is 57.8 Å². The van der Waals surface area contributed by atoms with Crippen molar-refractivity contribution in [3.63, 3.8) is 0 Å². The molecular weight excluding hydrogens is 329 g/mol. The minimum absolute atomic E-state index is 0.0617. The SMILES string of the molecule is Cc1[nH]nc2c1[C@H](c1cccc(Cl)c1Cl)S[C@@H](C)C(=O)N2. The normalized spacial score (nSPS) is 21.6. The first kappa shape index (κ1) is 14.8. The van der Waals surface area contributed by atoms with Crippen LogP contribution in [0.15, 0.2) is 18.2 Å². The lowest BCUT2D eigenvalue weighted by Crippen LogP contribution is -2.21. The molecule has 4 nitrogen and oxygen atoms in total. The van der Waals surface area contributed by atoms with E-state index in [2.05, 4.69) is 15.5 Å². The molecular formula is C14H13Cl2N3OS. The zero-order chi connectivity index (χ0) is 15.1. The number of aromatic nitrogens is 2. The number of thioether (sulfide) groups is 1. The first-order valence-corrected chi connectivity index (χ1v) is 8.14. The lowest BCUT2D eigenvalue weighted by Gasteiger charge is -2.19. The van der Waals surface area contributed by atoms with Gasteiger partial charge in [-0.05, 0) is 25.5 Å². The van der Waals surface area contributed by atoms with E-state index in [1.165, 1.54) is 11.8 Å². The molecule has 1 aliphatic rings. The summed E-state index contributed by atoms with van der Waals surface area (Å²) in [5, 5.41) is 10.7. The van der Waals surface area contributed by atoms with Crippen LogP contribution in [0.5, 0.6) is 0 Å². The summed E-state index contributed by atoms with van der Waals surface area (Å²) in [5.74, 6) is 0.504. The molecule has 2 aromatic rings. The summed E-state index contributed by atoms with van der Waals surface area (Å²) in [4.78, 5) is 12.1. The molecule has 0 aliphatic carbocycles. The number of anilines is 1. The Hall–Kier alpha value is -1.17. The summed E-state index contributed by atoms with van der Waals surface area (Å²) < 4.78 is 0. The summed E-state index contributed by atoms with van der Waals surface area (Å²) in [6.07, 6.45) is 0. The van der Waals surface area contributed by atoms with E-state index in [4.69, 9.17) is 23.2 Å². The molecule has 0 unspecified atom stereocenters. The van der Waals surface area contributed by atoms with Crippen LogP contribution in [-0.2, 0) is 4.79 Å². The van der Waals surface area contributed by atoms with Gasteiger partial charge in [0.05, 0.1) is 20.5 Å². The number of hydrogen-bond donors (Lipinski definition) is 2. The Morgan fingerprint density at radius 3 is 2.86 bits per heavy atom. The molecule has 0 saturated carbocycles. The maximum absolute atomic E-state index is 12.1. The maximum atomic E-state index is 12.1. The van der Waals surface area contributed by atoms with Gasteiger partial charge in [-0.3, -0.25) is 9.89 Å². The number of fused-ring (bicyclic) bond motifs is 1. The number of benzene rings is 1. The van der Waals surface area contributed by atoms with Crippen LogP contribution in [0.3, 0.4) is 0 Å². The van der Waals surface area contributed by atoms with Gasteiger partial charge < -0.3 is 5.32 Å². The van der Waals surface area contributed by atoms with Crippen molar-refractivity contribution in [2.45, 2.75) is 24.3 Å². The number of amides is 1. The van der Waals surface area contributed by atoms with Gasteiger partial charge in [-0.1, -0.05) is 35.3 Å². The largest absolute Gasteiger partial charge is 0.308 e. The molecule has 0 bridgehead atoms. The van der Waals surface area contributed by atoms with Crippen molar-refractivity contribution in [1.82, 2.24) is 10.2 Å². The highest BCUT2D eigenvalue weighted by molar-refractivity contribution is 8.01. The number of hydrogen-bond acceptors (Lipinski definition) is 3. The maximum Gasteiger partial charge on any atom is 0.238 e. The third-order valence-corrected chi connectivity index (χ3v) is 5.69. The van der Waals surface area contributed by atoms with Crippen LogP contribution in [0.2, 0.25) is 10.0 Å². The van der Waals surface area contributed by atoms with E-state index in [1.54, 1.807) is 6.07 Å². The van der Waals surface area contributed by atoms with Gasteiger partial charge in [0.1, 0.15) is 0 Å². The molecule has 0 spiro atoms. The van der Waals surface area contributed by atoms with Crippen LogP contribution < -0.4 is 5.32 Å². The zero-order valence-corrected chi connectivity index (χ0v) is 13.7. The second-order valence-corrected chi connectivity index (χ2v) is 7.14. The van der Waals surface area contributed by atoms with Crippen LogP contribution >= 0.6 is 35.0 Å². The Morgan fingerprint density at radius 1 is 1.33 bits per heavy atom. The lowest BCUT2D eigenvalue weighted by atomic mass is 10.0. The summed E-state index contributed by atoms with van der Waals surface area (Å²) in [6, 6.07) is 5.55. The quantitative estimate of drug-likeness (QED) is 0.817. The molecule has 1 aromatic carbocycles. The molecule has 0 saturated heterocycles. The first-order chi connectivity index (χ1) is 9.99. The number of aromatic amines is 1. The number of halogens is 2. The molecule has 2 heterocycles. The highest BCUT2D eigenvalue weighted by Crippen LogP contribution is 2.47. The van der Waals surface area contributed by atoms with Gasteiger partial charge in [0.15, 0.2) is 5.82 Å². The van der Waals surface area contributed by atoms with Crippen LogP contribution in [0, 0.1) is 6.92 Å². The number of H-pyrrole nitrogens is 1. The van der Waals surface area contributed by atoms with E-state index in [0.717, 1.165) is 16.8 Å². The monoisotopic (exact) mass is 341 g/mol. The van der Waals surface area contributed by atoms with Crippen LogP contribution in [0.4, 0.5) is 5.82 Å². The van der Waals surface area contributed by atoms with Gasteiger partial charge in [0, 0.05) is 11.3 Å². The predicted octanol–water partition coefficient (Wildman–Crippen LogP) is 4.19. The number of nitrogens with zero attached hydrogens (tertiary/aromatic N) is 1. The Balaban J connectivity index is 2.18. The van der Waals surface area contributed by atoms with Gasteiger partial charge in [0.25, 0.3) is 0 Å². The standard InChI is InChI=1S/C14H13Cl2N3OS/c1-6-10-12(8-4-3-5-9(15)11(8)16)21-7(2)14(20)17-13(10)19-18-6/h3-5,7,12H,1-2H3,(H2,17,18,19,20)/t7-,12-/m0/s1. The minimum Gasteiger partial charge on any atom is -0.308 e. The molecule has 2 atom stereocenters. The molecule has 7 heteroatoms. The third-order valence-electron chi connectivity index (χ3n) is 3.47. The Labute approximate surface area is 136 Å². The number of carbonyl (C=O) groups excluding carboxylic acids is 1. The fourth-order valence-electron chi connectivity index (χ4n) is 2.36. The fourth-order valence-corrected chi connectivity index (χ4v) is 4.20. The summed E-state index contributed by atoms with van der Waals surface area (Å²) in [5.41, 5.74) is 2.75. The molecule has 0 fully saturated rings. The average molecular weight is 342 g/mol. The van der Waals surface area contributed by atoms with Crippen molar-refractivity contribution in [3.05, 3.63) is 45.1 Å². The van der Waals surface area contributed by atoms with E-state index in [0.29, 0.717) is 15.9 Å². The lowest BCUT2D eigenvalue weighted by molar-refractivity contribution is -0.115. The van der Waals surface area contributed by atoms with Crippen molar-refractivity contribution >= 4 is 46.7 Å². The van der Waals surface area contributed by atoms with Crippen molar-refractivity contribution in [2.24, 2.45) is 0 Å². The van der Waals surface area contributed by atoms with E-state index in [9.17, 15) is 4.79 Å². The Kier molecular flexibility index (Phi) is 3.90. The second kappa shape index (κ2) is 5.55. The second-order valence-electron chi connectivity index (χ2n) is 4.90. The van der Waals surface area contributed by atoms with Crippen LogP contribution in [0.25, 0.3) is 0 Å². The molecule has 0 radical (unpaired) electrons.